The van der Waals surface area contributed by atoms with Gasteiger partial charge in [-0.05, 0) is 32.1 Å². The molecule has 4 nitrogen and oxygen atoms in total. The number of carbonyl (C=O) groups excluding carboxylic acids is 1. The summed E-state index contributed by atoms with van der Waals surface area (Å²) in [6.45, 7) is 4.34. The van der Waals surface area contributed by atoms with Crippen molar-refractivity contribution in [2.24, 2.45) is 0 Å². The highest BCUT2D eigenvalue weighted by atomic mass is 16.3. The summed E-state index contributed by atoms with van der Waals surface area (Å²) in [6, 6.07) is -0.636. The Balaban J connectivity index is 3.47. The Morgan fingerprint density at radius 1 is 0.365 bits per heavy atom. The molecule has 0 saturated carbocycles. The number of hydrogen-bond donors (Lipinski definition) is 3. The van der Waals surface area contributed by atoms with Gasteiger partial charge in [0.25, 0.3) is 0 Å². The van der Waals surface area contributed by atoms with Crippen LogP contribution in [0.3, 0.4) is 0 Å². The SMILES string of the molecule is CCCCCCCCCCCCCCCCCCC/C=C/CC/C=C/C(O)C(CO)NC(=O)CCCCCCCCCCCCCCCCCCCCCCCCCCCCCC. The Labute approximate surface area is 396 Å². The number of unbranched alkanes of at least 4 members (excludes halogenated alkanes) is 45. The van der Waals surface area contributed by atoms with Crippen molar-refractivity contribution in [1.29, 1.82) is 0 Å². The van der Waals surface area contributed by atoms with Crippen LogP contribution in [-0.2, 0) is 4.79 Å². The fourth-order valence-corrected chi connectivity index (χ4v) is 9.26. The van der Waals surface area contributed by atoms with Crippen molar-refractivity contribution in [2.45, 2.75) is 341 Å². The molecule has 3 N–H and O–H groups in total. The summed E-state index contributed by atoms with van der Waals surface area (Å²) >= 11 is 0. The molecule has 63 heavy (non-hydrogen) atoms. The molecular formula is C59H115NO3. The van der Waals surface area contributed by atoms with E-state index in [1.807, 2.05) is 6.08 Å². The molecule has 0 aromatic rings. The van der Waals surface area contributed by atoms with Gasteiger partial charge in [0.1, 0.15) is 0 Å². The first-order valence-corrected chi connectivity index (χ1v) is 29.1. The van der Waals surface area contributed by atoms with Crippen molar-refractivity contribution < 1.29 is 15.0 Å². The summed E-state index contributed by atoms with van der Waals surface area (Å²) in [5.74, 6) is -0.0661. The third-order valence-corrected chi connectivity index (χ3v) is 13.7. The maximum atomic E-state index is 12.5. The number of carbonyl (C=O) groups is 1. The molecule has 0 spiro atoms. The quantitative estimate of drug-likeness (QED) is 0.0421. The van der Waals surface area contributed by atoms with E-state index in [0.29, 0.717) is 6.42 Å². The van der Waals surface area contributed by atoms with Gasteiger partial charge in [-0.2, -0.15) is 0 Å². The van der Waals surface area contributed by atoms with E-state index in [4.69, 9.17) is 0 Å². The van der Waals surface area contributed by atoms with Crippen LogP contribution in [0.1, 0.15) is 328 Å². The molecule has 2 unspecified atom stereocenters. The minimum atomic E-state index is -0.860. The Hall–Kier alpha value is -1.13. The first-order valence-electron chi connectivity index (χ1n) is 29.1. The Kier molecular flexibility index (Phi) is 54.2. The molecular weight excluding hydrogens is 771 g/mol. The molecule has 0 aliphatic rings. The van der Waals surface area contributed by atoms with Gasteiger partial charge < -0.3 is 15.5 Å². The monoisotopic (exact) mass is 886 g/mol. The molecule has 0 aromatic carbocycles. The van der Waals surface area contributed by atoms with E-state index < -0.39 is 12.1 Å². The maximum Gasteiger partial charge on any atom is 0.220 e. The molecule has 0 aliphatic heterocycles. The number of nitrogens with one attached hydrogen (secondary N) is 1. The fourth-order valence-electron chi connectivity index (χ4n) is 9.26. The highest BCUT2D eigenvalue weighted by Gasteiger charge is 2.18. The maximum absolute atomic E-state index is 12.5. The van der Waals surface area contributed by atoms with Gasteiger partial charge in [0.15, 0.2) is 0 Å². The van der Waals surface area contributed by atoms with Crippen LogP contribution in [0.4, 0.5) is 0 Å². The lowest BCUT2D eigenvalue weighted by Crippen LogP contribution is -2.45. The van der Waals surface area contributed by atoms with Gasteiger partial charge in [-0.3, -0.25) is 4.79 Å². The molecule has 0 aromatic heterocycles. The number of amides is 1. The lowest BCUT2D eigenvalue weighted by atomic mass is 10.0. The topological polar surface area (TPSA) is 69.6 Å². The van der Waals surface area contributed by atoms with Crippen LogP contribution in [0.25, 0.3) is 0 Å². The van der Waals surface area contributed by atoms with Gasteiger partial charge in [-0.15, -0.1) is 0 Å². The number of aliphatic hydroxyl groups is 2. The molecule has 4 heteroatoms. The van der Waals surface area contributed by atoms with E-state index in [2.05, 4.69) is 31.3 Å². The summed E-state index contributed by atoms with van der Waals surface area (Å²) in [7, 11) is 0. The predicted octanol–water partition coefficient (Wildman–Crippen LogP) is 19.1. The zero-order chi connectivity index (χ0) is 45.6. The summed E-state index contributed by atoms with van der Waals surface area (Å²) < 4.78 is 0. The van der Waals surface area contributed by atoms with E-state index >= 15 is 0 Å². The second-order valence-electron chi connectivity index (χ2n) is 20.1. The molecule has 1 amide bonds. The normalized spacial score (nSPS) is 12.9. The third kappa shape index (κ3) is 51.7. The first-order chi connectivity index (χ1) is 31.2. The van der Waals surface area contributed by atoms with Crippen LogP contribution in [-0.4, -0.2) is 34.9 Å². The lowest BCUT2D eigenvalue weighted by Gasteiger charge is -2.19. The number of hydrogen-bond acceptors (Lipinski definition) is 3. The van der Waals surface area contributed by atoms with Crippen molar-refractivity contribution in [3.8, 4) is 0 Å². The number of rotatable bonds is 54. The minimum Gasteiger partial charge on any atom is -0.394 e. The van der Waals surface area contributed by atoms with Crippen molar-refractivity contribution in [1.82, 2.24) is 5.32 Å². The van der Waals surface area contributed by atoms with Crippen LogP contribution < -0.4 is 5.32 Å². The van der Waals surface area contributed by atoms with Gasteiger partial charge in [0, 0.05) is 6.42 Å². The average Bonchev–Trinajstić information content (AvgIpc) is 3.29. The Bertz CT molecular complexity index is 916. The van der Waals surface area contributed by atoms with Crippen LogP contribution >= 0.6 is 0 Å². The van der Waals surface area contributed by atoms with Crippen molar-refractivity contribution in [2.75, 3.05) is 6.61 Å². The van der Waals surface area contributed by atoms with Gasteiger partial charge >= 0.3 is 0 Å². The third-order valence-electron chi connectivity index (χ3n) is 13.7. The zero-order valence-electron chi connectivity index (χ0n) is 43.1. The molecule has 0 rings (SSSR count). The summed E-state index contributed by atoms with van der Waals surface area (Å²) in [4.78, 5) is 12.5. The first kappa shape index (κ1) is 61.9. The molecule has 0 aliphatic carbocycles. The predicted molar refractivity (Wildman–Crippen MR) is 281 cm³/mol. The van der Waals surface area contributed by atoms with Crippen molar-refractivity contribution in [3.63, 3.8) is 0 Å². The fraction of sp³-hybridized carbons (Fsp3) is 0.915. The molecule has 0 radical (unpaired) electrons. The molecule has 0 bridgehead atoms. The highest BCUT2D eigenvalue weighted by molar-refractivity contribution is 5.76. The summed E-state index contributed by atoms with van der Waals surface area (Å²) in [6.07, 6.45) is 73.6. The van der Waals surface area contributed by atoms with Crippen LogP contribution in [0.15, 0.2) is 24.3 Å². The average molecular weight is 887 g/mol. The van der Waals surface area contributed by atoms with Crippen molar-refractivity contribution in [3.05, 3.63) is 24.3 Å². The second-order valence-corrected chi connectivity index (χ2v) is 20.1. The van der Waals surface area contributed by atoms with Gasteiger partial charge in [-0.1, -0.05) is 314 Å². The summed E-state index contributed by atoms with van der Waals surface area (Å²) in [5, 5.41) is 23.2. The van der Waals surface area contributed by atoms with Crippen molar-refractivity contribution >= 4 is 5.91 Å². The van der Waals surface area contributed by atoms with E-state index in [0.717, 1.165) is 32.1 Å². The van der Waals surface area contributed by atoms with E-state index in [9.17, 15) is 15.0 Å². The zero-order valence-corrected chi connectivity index (χ0v) is 43.1. The number of aliphatic hydroxyl groups excluding tert-OH is 2. The molecule has 2 atom stereocenters. The van der Waals surface area contributed by atoms with E-state index in [-0.39, 0.29) is 12.5 Å². The molecule has 0 heterocycles. The van der Waals surface area contributed by atoms with E-state index in [1.165, 1.54) is 276 Å². The molecule has 0 saturated heterocycles. The van der Waals surface area contributed by atoms with E-state index in [1.54, 1.807) is 6.08 Å². The lowest BCUT2D eigenvalue weighted by molar-refractivity contribution is -0.123. The van der Waals surface area contributed by atoms with Gasteiger partial charge in [-0.25, -0.2) is 0 Å². The van der Waals surface area contributed by atoms with Crippen LogP contribution in [0, 0.1) is 0 Å². The highest BCUT2D eigenvalue weighted by Crippen LogP contribution is 2.18. The standard InChI is InChI=1S/C59H115NO3/c1-3-5-7-9-11-13-15-17-19-21-23-25-27-28-29-30-31-33-35-37-39-41-43-45-47-49-51-53-55-59(63)60-57(56-61)58(62)54-52-50-48-46-44-42-40-38-36-34-32-26-24-22-20-18-16-14-12-10-8-6-4-2/h44,46,52,54,57-58,61-62H,3-43,45,47-51,53,55-56H2,1-2H3,(H,60,63)/b46-44+,54-52+. The Morgan fingerprint density at radius 3 is 0.921 bits per heavy atom. The van der Waals surface area contributed by atoms with Gasteiger partial charge in [0.05, 0.1) is 18.8 Å². The van der Waals surface area contributed by atoms with Gasteiger partial charge in [0.2, 0.25) is 5.91 Å². The minimum absolute atomic E-state index is 0.0661. The summed E-state index contributed by atoms with van der Waals surface area (Å²) in [5.41, 5.74) is 0. The number of allylic oxidation sites excluding steroid dienone is 3. The molecule has 374 valence electrons. The van der Waals surface area contributed by atoms with Crippen LogP contribution in [0.2, 0.25) is 0 Å². The smallest absolute Gasteiger partial charge is 0.220 e. The second kappa shape index (κ2) is 55.2. The van der Waals surface area contributed by atoms with Crippen LogP contribution in [0.5, 0.6) is 0 Å². The molecule has 0 fully saturated rings. The Morgan fingerprint density at radius 2 is 0.619 bits per heavy atom. The largest absolute Gasteiger partial charge is 0.394 e.